The van der Waals surface area contributed by atoms with Crippen LogP contribution >= 0.6 is 0 Å². The Balaban J connectivity index is 4.24. The highest BCUT2D eigenvalue weighted by molar-refractivity contribution is 5.71. The molecule has 0 aliphatic heterocycles. The Labute approximate surface area is 535 Å². The summed E-state index contributed by atoms with van der Waals surface area (Å²) in [6.07, 6.45) is 94.2. The molecule has 0 aliphatic rings. The number of carbonyl (C=O) groups is 3. The molecule has 9 heteroatoms. The lowest BCUT2D eigenvalue weighted by Crippen LogP contribution is -2.40. The summed E-state index contributed by atoms with van der Waals surface area (Å²) in [5.41, 5.74) is 0. The summed E-state index contributed by atoms with van der Waals surface area (Å²) >= 11 is 0. The number of ether oxygens (including phenoxy) is 4. The number of allylic oxidation sites excluding steroid dienone is 22. The fraction of sp³-hybridized carbons (Fsp3) is 0.679. The average molecular weight is 1210 g/mol. The summed E-state index contributed by atoms with van der Waals surface area (Å²) in [5, 5.41) is 9.74. The molecule has 0 aliphatic carbocycles. The van der Waals surface area contributed by atoms with E-state index in [-0.39, 0.29) is 32.2 Å². The van der Waals surface area contributed by atoms with Crippen LogP contribution in [-0.2, 0) is 33.3 Å². The van der Waals surface area contributed by atoms with Crippen LogP contribution in [0.5, 0.6) is 0 Å². The van der Waals surface area contributed by atoms with Gasteiger partial charge < -0.3 is 28.5 Å². The molecule has 9 nitrogen and oxygen atoms in total. The topological polar surface area (TPSA) is 108 Å². The van der Waals surface area contributed by atoms with Gasteiger partial charge in [-0.1, -0.05) is 308 Å². The molecular formula is C78H132NO8+. The Kier molecular flexibility index (Phi) is 63.8. The Morgan fingerprint density at radius 1 is 0.356 bits per heavy atom. The van der Waals surface area contributed by atoms with E-state index >= 15 is 0 Å². The molecule has 0 aromatic heterocycles. The van der Waals surface area contributed by atoms with Crippen molar-refractivity contribution >= 4 is 17.9 Å². The van der Waals surface area contributed by atoms with Gasteiger partial charge in [0.25, 0.3) is 6.29 Å². The van der Waals surface area contributed by atoms with Gasteiger partial charge in [0, 0.05) is 12.8 Å². The summed E-state index contributed by atoms with van der Waals surface area (Å²) < 4.78 is 22.9. The van der Waals surface area contributed by atoms with E-state index in [0.717, 1.165) is 109 Å². The second kappa shape index (κ2) is 67.4. The van der Waals surface area contributed by atoms with Crippen LogP contribution in [0.3, 0.4) is 0 Å². The van der Waals surface area contributed by atoms with E-state index < -0.39 is 24.3 Å². The van der Waals surface area contributed by atoms with E-state index in [0.29, 0.717) is 23.9 Å². The zero-order valence-corrected chi connectivity index (χ0v) is 56.6. The van der Waals surface area contributed by atoms with Crippen LogP contribution < -0.4 is 0 Å². The number of esters is 2. The molecule has 0 radical (unpaired) electrons. The molecule has 2 atom stereocenters. The average Bonchev–Trinajstić information content (AvgIpc) is 3.57. The number of aliphatic carboxylic acids is 1. The number of likely N-dealkylation sites (N-methyl/N-ethyl adjacent to an activating group) is 1. The Hall–Kier alpha value is -4.57. The first kappa shape index (κ1) is 82.4. The van der Waals surface area contributed by atoms with E-state index in [1.807, 2.05) is 21.1 Å². The predicted octanol–water partition coefficient (Wildman–Crippen LogP) is 22.1. The molecule has 0 rings (SSSR count). The van der Waals surface area contributed by atoms with Crippen LogP contribution in [0.4, 0.5) is 0 Å². The van der Waals surface area contributed by atoms with Crippen LogP contribution in [0.25, 0.3) is 0 Å². The van der Waals surface area contributed by atoms with Crippen molar-refractivity contribution in [2.24, 2.45) is 0 Å². The van der Waals surface area contributed by atoms with Gasteiger partial charge in [-0.2, -0.15) is 0 Å². The standard InChI is InChI=1S/C78H131NO8/c1-6-8-10-12-14-16-18-20-22-24-26-28-30-32-33-34-35-36-37-38-39-40-41-42-43-45-47-49-51-53-55-57-59-61-63-65-67-69-76(81)87-74(73-86-78(77(82)83)84-71-70-79(3,4)5)72-85-75(80)68-66-64-62-60-58-56-54-52-50-48-46-44-31-29-27-25-23-21-19-17-15-13-11-9-7-2/h8,10,14,16,20,22,26,28,32-33,35-36,38-39,41-42,45,47,51,53,57,59,74,78H,6-7,9,11-13,15,17-19,21,23-25,27,29-31,34,37,40,43-44,46,48-50,52,54-56,58,60-73H2,1-5H3/p+1/b10-8-,16-14-,22-20-,28-26-,33-32-,36-35-,39-38-,42-41-,47-45-,53-51-,59-57-. The minimum Gasteiger partial charge on any atom is -0.477 e. The van der Waals surface area contributed by atoms with Crippen molar-refractivity contribution in [2.75, 3.05) is 47.5 Å². The summed E-state index contributed by atoms with van der Waals surface area (Å²) in [6, 6.07) is 0. The lowest BCUT2D eigenvalue weighted by atomic mass is 10.0. The van der Waals surface area contributed by atoms with Gasteiger partial charge in [0.1, 0.15) is 13.2 Å². The van der Waals surface area contributed by atoms with Gasteiger partial charge >= 0.3 is 17.9 Å². The maximum atomic E-state index is 12.9. The van der Waals surface area contributed by atoms with Crippen LogP contribution in [0, 0.1) is 0 Å². The van der Waals surface area contributed by atoms with E-state index in [1.54, 1.807) is 0 Å². The van der Waals surface area contributed by atoms with E-state index in [9.17, 15) is 19.5 Å². The van der Waals surface area contributed by atoms with Gasteiger partial charge in [0.15, 0.2) is 6.10 Å². The maximum absolute atomic E-state index is 12.9. The van der Waals surface area contributed by atoms with E-state index in [2.05, 4.69) is 148 Å². The van der Waals surface area contributed by atoms with Crippen molar-refractivity contribution in [3.63, 3.8) is 0 Å². The highest BCUT2D eigenvalue weighted by Gasteiger charge is 2.25. The van der Waals surface area contributed by atoms with E-state index in [4.69, 9.17) is 18.9 Å². The zero-order valence-electron chi connectivity index (χ0n) is 56.6. The third-order valence-electron chi connectivity index (χ3n) is 14.9. The van der Waals surface area contributed by atoms with Gasteiger partial charge in [-0.05, 0) is 96.3 Å². The second-order valence-electron chi connectivity index (χ2n) is 24.5. The van der Waals surface area contributed by atoms with Gasteiger partial charge in [-0.25, -0.2) is 4.79 Å². The van der Waals surface area contributed by atoms with Gasteiger partial charge in [0.2, 0.25) is 0 Å². The highest BCUT2D eigenvalue weighted by atomic mass is 16.7. The van der Waals surface area contributed by atoms with Crippen LogP contribution in [0.2, 0.25) is 0 Å². The van der Waals surface area contributed by atoms with E-state index in [1.165, 1.54) is 141 Å². The van der Waals surface area contributed by atoms with Crippen molar-refractivity contribution < 1.29 is 42.9 Å². The molecule has 0 spiro atoms. The monoisotopic (exact) mass is 1210 g/mol. The number of rotatable bonds is 64. The molecule has 87 heavy (non-hydrogen) atoms. The van der Waals surface area contributed by atoms with Crippen molar-refractivity contribution in [2.45, 2.75) is 296 Å². The molecule has 1 N–H and O–H groups in total. The van der Waals surface area contributed by atoms with Crippen molar-refractivity contribution in [3.05, 3.63) is 134 Å². The highest BCUT2D eigenvalue weighted by Crippen LogP contribution is 2.17. The lowest BCUT2D eigenvalue weighted by Gasteiger charge is -2.25. The number of nitrogens with zero attached hydrogens (tertiary/aromatic N) is 1. The van der Waals surface area contributed by atoms with Crippen molar-refractivity contribution in [3.8, 4) is 0 Å². The second-order valence-corrected chi connectivity index (χ2v) is 24.5. The molecule has 0 heterocycles. The lowest BCUT2D eigenvalue weighted by molar-refractivity contribution is -0.870. The van der Waals surface area contributed by atoms with Gasteiger partial charge in [-0.3, -0.25) is 9.59 Å². The number of carbonyl (C=O) groups excluding carboxylic acids is 2. The number of carboxylic acid groups (broad SMARTS) is 1. The maximum Gasteiger partial charge on any atom is 0.361 e. The molecular weight excluding hydrogens is 1080 g/mol. The SMILES string of the molecule is CC/C=C\C/C=C\C/C=C\C/C=C\C/C=C\C/C=C\C/C=C\C/C=C\C/C=C\C/C=C\C/C=C\CCCCCC(=O)OC(COC(=O)CCCCCCCCCCCCCCCCCCCCCCCCCCC)COC(OCC[N+](C)(C)C)C(=O)O. The summed E-state index contributed by atoms with van der Waals surface area (Å²) in [6.45, 7) is 4.74. The van der Waals surface area contributed by atoms with Crippen LogP contribution in [-0.4, -0.2) is 87.4 Å². The summed E-state index contributed by atoms with van der Waals surface area (Å²) in [5.74, 6) is -2.05. The van der Waals surface area contributed by atoms with Gasteiger partial charge in [-0.15, -0.1) is 0 Å². The zero-order chi connectivity index (χ0) is 63.3. The third kappa shape index (κ3) is 68.8. The minimum atomic E-state index is -1.53. The largest absolute Gasteiger partial charge is 0.477 e. The molecule has 0 amide bonds. The minimum absolute atomic E-state index is 0.175. The summed E-state index contributed by atoms with van der Waals surface area (Å²) in [4.78, 5) is 37.6. The molecule has 0 saturated heterocycles. The molecule has 0 aromatic carbocycles. The number of unbranched alkanes of at least 4 members (excludes halogenated alkanes) is 27. The molecule has 0 bridgehead atoms. The van der Waals surface area contributed by atoms with Crippen molar-refractivity contribution in [1.29, 1.82) is 0 Å². The fourth-order valence-electron chi connectivity index (χ4n) is 9.55. The molecule has 0 saturated carbocycles. The fourth-order valence-corrected chi connectivity index (χ4v) is 9.55. The first-order chi connectivity index (χ1) is 42.6. The normalized spacial score (nSPS) is 13.5. The summed E-state index contributed by atoms with van der Waals surface area (Å²) in [7, 11) is 5.96. The number of carboxylic acids is 1. The Bertz CT molecular complexity index is 1890. The quantitative estimate of drug-likeness (QED) is 0.0211. The first-order valence-electron chi connectivity index (χ1n) is 35.3. The number of hydrogen-bond acceptors (Lipinski definition) is 7. The predicted molar refractivity (Wildman–Crippen MR) is 373 cm³/mol. The van der Waals surface area contributed by atoms with Crippen LogP contribution in [0.1, 0.15) is 284 Å². The van der Waals surface area contributed by atoms with Gasteiger partial charge in [0.05, 0.1) is 34.4 Å². The van der Waals surface area contributed by atoms with Crippen LogP contribution in [0.15, 0.2) is 134 Å². The molecule has 496 valence electrons. The molecule has 0 aromatic rings. The van der Waals surface area contributed by atoms with Crippen molar-refractivity contribution in [1.82, 2.24) is 0 Å². The molecule has 2 unspecified atom stereocenters. The first-order valence-corrected chi connectivity index (χ1v) is 35.3. The Morgan fingerprint density at radius 3 is 0.977 bits per heavy atom. The molecule has 0 fully saturated rings. The smallest absolute Gasteiger partial charge is 0.361 e. The Morgan fingerprint density at radius 2 is 0.655 bits per heavy atom. The third-order valence-corrected chi connectivity index (χ3v) is 14.9. The number of hydrogen-bond donors (Lipinski definition) is 1. The number of quaternary nitrogens is 1.